The van der Waals surface area contributed by atoms with Gasteiger partial charge in [0.1, 0.15) is 0 Å². The van der Waals surface area contributed by atoms with Crippen molar-refractivity contribution in [1.82, 2.24) is 9.97 Å². The molecule has 1 radical (unpaired) electrons. The van der Waals surface area contributed by atoms with Gasteiger partial charge in [-0.05, 0) is 63.8 Å². The number of benzene rings is 5. The number of aryl methyl sites for hydroxylation is 1. The van der Waals surface area contributed by atoms with Crippen LogP contribution in [0, 0.1) is 19.0 Å². The normalized spacial score (nSPS) is 13.4. The van der Waals surface area contributed by atoms with Gasteiger partial charge in [0, 0.05) is 40.2 Å². The van der Waals surface area contributed by atoms with Gasteiger partial charge in [0.05, 0.1) is 5.52 Å². The van der Waals surface area contributed by atoms with Gasteiger partial charge in [-0.2, -0.15) is 0 Å². The fourth-order valence-corrected chi connectivity index (χ4v) is 8.35. The Hall–Kier alpha value is -3.93. The number of rotatable bonds is 2. The van der Waals surface area contributed by atoms with Crippen molar-refractivity contribution in [1.29, 1.82) is 0 Å². The third kappa shape index (κ3) is 5.69. The molecule has 0 spiro atoms. The molecule has 0 aliphatic carbocycles. The molecule has 0 bridgehead atoms. The van der Waals surface area contributed by atoms with Gasteiger partial charge in [0.2, 0.25) is 6.71 Å². The van der Waals surface area contributed by atoms with Gasteiger partial charge < -0.3 is 4.98 Å². The maximum atomic E-state index is 7.23. The molecule has 4 heterocycles. The summed E-state index contributed by atoms with van der Waals surface area (Å²) in [6.07, 6.45) is 1.39. The number of pyridine rings is 2. The van der Waals surface area contributed by atoms with Crippen molar-refractivity contribution in [3.63, 3.8) is 0 Å². The van der Waals surface area contributed by atoms with Crippen molar-refractivity contribution >= 4 is 57.5 Å². The molecule has 2 nitrogen and oxygen atoms in total. The molecular formula is C39H25BIrN2S2-2. The quantitative estimate of drug-likeness (QED) is 0.131. The van der Waals surface area contributed by atoms with E-state index in [4.69, 9.17) is 9.10 Å². The van der Waals surface area contributed by atoms with Crippen LogP contribution in [-0.4, -0.2) is 16.7 Å². The molecule has 2 aliphatic heterocycles. The molecule has 2 aromatic heterocycles. The molecule has 0 atom stereocenters. The topological polar surface area (TPSA) is 25.8 Å². The number of fused-ring (bicyclic) bond motifs is 5. The van der Waals surface area contributed by atoms with Crippen molar-refractivity contribution in [3.05, 3.63) is 151 Å². The average Bonchev–Trinajstić information content (AvgIpc) is 3.11. The van der Waals surface area contributed by atoms with Gasteiger partial charge >= 0.3 is 0 Å². The second-order valence-corrected chi connectivity index (χ2v) is 12.7. The minimum Gasteiger partial charge on any atom is -0.304 e. The summed E-state index contributed by atoms with van der Waals surface area (Å²) >= 11 is 3.76. The maximum absolute atomic E-state index is 7.23. The molecule has 2 aliphatic rings. The number of hydrogen-bond donors (Lipinski definition) is 0. The SMILES string of the molecule is [2H]C([2H])([2H])c1ccc(-c2[c-]cccc2)nc1.[Ir].[c-]1ccc2c(c1-c1ccc3ccccc3n1)Sc1cccc3c1B2c1ccccc1S3. The molecule has 0 saturated carbocycles. The standard InChI is InChI=1S/C27H15BNS2.C12H10N.Ir/c1-3-11-21-17(7-1)15-16-22(29-21)18-8-5-10-20-27(18)31-25-14-6-13-24-26(25)28(20)19-9-2-4-12-23(19)30-24;1-10-7-8-12(13-9-10)11-5-3-2-4-6-11;/h1-7,9-16H;2-5,7-9H,1H3;/q2*-1;/i;1D3;. The van der Waals surface area contributed by atoms with Crippen molar-refractivity contribution in [2.24, 2.45) is 0 Å². The summed E-state index contributed by atoms with van der Waals surface area (Å²) in [7, 11) is 0. The molecule has 217 valence electrons. The van der Waals surface area contributed by atoms with Gasteiger partial charge in [-0.15, -0.1) is 76.9 Å². The summed E-state index contributed by atoms with van der Waals surface area (Å²) < 4.78 is 21.7. The smallest absolute Gasteiger partial charge is 0.228 e. The van der Waals surface area contributed by atoms with Crippen LogP contribution in [0.4, 0.5) is 0 Å². The molecule has 0 saturated heterocycles. The van der Waals surface area contributed by atoms with Crippen LogP contribution in [0.2, 0.25) is 0 Å². The van der Waals surface area contributed by atoms with Gasteiger partial charge in [-0.1, -0.05) is 88.9 Å². The van der Waals surface area contributed by atoms with E-state index in [0.29, 0.717) is 0 Å². The summed E-state index contributed by atoms with van der Waals surface area (Å²) in [6.45, 7) is -1.83. The van der Waals surface area contributed by atoms with Crippen molar-refractivity contribution in [3.8, 4) is 22.5 Å². The molecule has 0 amide bonds. The predicted molar refractivity (Wildman–Crippen MR) is 185 cm³/mol. The number of aromatic nitrogens is 2. The molecule has 9 rings (SSSR count). The third-order valence-electron chi connectivity index (χ3n) is 7.87. The van der Waals surface area contributed by atoms with Gasteiger partial charge in [0.15, 0.2) is 0 Å². The molecule has 45 heavy (non-hydrogen) atoms. The fraction of sp³-hybridized carbons (Fsp3) is 0.0256. The van der Waals surface area contributed by atoms with Crippen LogP contribution < -0.4 is 16.4 Å². The molecule has 7 aromatic rings. The van der Waals surface area contributed by atoms with E-state index in [0.717, 1.165) is 33.4 Å². The number of nitrogens with zero attached hydrogens (tertiary/aromatic N) is 2. The van der Waals surface area contributed by atoms with E-state index in [-0.39, 0.29) is 32.4 Å². The van der Waals surface area contributed by atoms with E-state index < -0.39 is 6.85 Å². The average molecular weight is 792 g/mol. The first-order valence-corrected chi connectivity index (χ1v) is 16.0. The van der Waals surface area contributed by atoms with Crippen LogP contribution in [0.5, 0.6) is 0 Å². The Bertz CT molecular complexity index is 2260. The molecular weight excluding hydrogens is 764 g/mol. The molecule has 5 aromatic carbocycles. The number of para-hydroxylation sites is 1. The number of hydrogen-bond acceptors (Lipinski definition) is 4. The van der Waals surface area contributed by atoms with Crippen LogP contribution in [0.1, 0.15) is 9.68 Å². The van der Waals surface area contributed by atoms with Crippen LogP contribution in [-0.2, 0) is 20.1 Å². The van der Waals surface area contributed by atoms with E-state index in [9.17, 15) is 0 Å². The van der Waals surface area contributed by atoms with Gasteiger partial charge in [-0.25, -0.2) is 0 Å². The zero-order valence-electron chi connectivity index (χ0n) is 26.8. The third-order valence-corrected chi connectivity index (χ3v) is 10.3. The first-order valence-electron chi connectivity index (χ1n) is 15.9. The molecule has 0 fully saturated rings. The van der Waals surface area contributed by atoms with Crippen molar-refractivity contribution in [2.45, 2.75) is 26.4 Å². The summed E-state index contributed by atoms with van der Waals surface area (Å²) in [5, 5.41) is 1.16. The summed E-state index contributed by atoms with van der Waals surface area (Å²) in [6, 6.07) is 49.8. The summed E-state index contributed by atoms with van der Waals surface area (Å²) in [5.41, 5.74) is 9.17. The second kappa shape index (κ2) is 12.8. The Kier molecular flexibility index (Phi) is 7.50. The summed E-state index contributed by atoms with van der Waals surface area (Å²) in [4.78, 5) is 14.5. The Balaban J connectivity index is 0.000000183. The largest absolute Gasteiger partial charge is 0.304 e. The monoisotopic (exact) mass is 792 g/mol. The van der Waals surface area contributed by atoms with Gasteiger partial charge in [-0.3, -0.25) is 4.98 Å². The minimum absolute atomic E-state index is 0. The van der Waals surface area contributed by atoms with E-state index >= 15 is 0 Å². The van der Waals surface area contributed by atoms with E-state index in [1.807, 2.05) is 47.8 Å². The van der Waals surface area contributed by atoms with Crippen LogP contribution in [0.25, 0.3) is 33.4 Å². The zero-order valence-corrected chi connectivity index (χ0v) is 27.9. The minimum atomic E-state index is -2.09. The Morgan fingerprint density at radius 1 is 0.667 bits per heavy atom. The van der Waals surface area contributed by atoms with E-state index in [2.05, 4.69) is 102 Å². The molecule has 6 heteroatoms. The van der Waals surface area contributed by atoms with Crippen LogP contribution in [0.3, 0.4) is 0 Å². The first kappa shape index (κ1) is 26.3. The van der Waals surface area contributed by atoms with Crippen molar-refractivity contribution < 1.29 is 24.2 Å². The summed E-state index contributed by atoms with van der Waals surface area (Å²) in [5.74, 6) is 0. The zero-order chi connectivity index (χ0) is 32.0. The van der Waals surface area contributed by atoms with Gasteiger partial charge in [0.25, 0.3) is 0 Å². The van der Waals surface area contributed by atoms with Crippen LogP contribution in [0.15, 0.2) is 153 Å². The Morgan fingerprint density at radius 2 is 1.47 bits per heavy atom. The van der Waals surface area contributed by atoms with E-state index in [1.54, 1.807) is 18.2 Å². The fourth-order valence-electron chi connectivity index (χ4n) is 5.84. The van der Waals surface area contributed by atoms with E-state index in [1.165, 1.54) is 42.2 Å². The second-order valence-electron chi connectivity index (χ2n) is 10.6. The first-order chi connectivity index (χ1) is 22.9. The molecule has 0 N–H and O–H groups in total. The predicted octanol–water partition coefficient (Wildman–Crippen LogP) is 8.00. The molecule has 0 unspecified atom stereocenters. The van der Waals surface area contributed by atoms with Crippen molar-refractivity contribution in [2.75, 3.05) is 0 Å². The maximum Gasteiger partial charge on any atom is 0.228 e. The van der Waals surface area contributed by atoms with Crippen LogP contribution >= 0.6 is 23.5 Å². The Morgan fingerprint density at radius 3 is 2.31 bits per heavy atom. The Labute approximate surface area is 290 Å².